The molecule has 25 heavy (non-hydrogen) atoms. The molecule has 0 saturated carbocycles. The quantitative estimate of drug-likeness (QED) is 0.589. The highest BCUT2D eigenvalue weighted by Crippen LogP contribution is 2.33. The van der Waals surface area contributed by atoms with Crippen LogP contribution in [0.2, 0.25) is 0 Å². The second-order valence-corrected chi connectivity index (χ2v) is 9.65. The number of nitrogens with two attached hydrogens (primary N) is 1. The number of sulfone groups is 1. The van der Waals surface area contributed by atoms with E-state index >= 15 is 0 Å². The molecule has 1 aromatic rings. The van der Waals surface area contributed by atoms with Crippen molar-refractivity contribution in [2.45, 2.75) is 17.0 Å². The lowest BCUT2D eigenvalue weighted by atomic mass is 10.2. The van der Waals surface area contributed by atoms with Crippen LogP contribution in [0.25, 0.3) is 0 Å². The van der Waals surface area contributed by atoms with Crippen molar-refractivity contribution in [2.24, 2.45) is 5.73 Å². The van der Waals surface area contributed by atoms with Crippen molar-refractivity contribution in [3.8, 4) is 11.5 Å². The Morgan fingerprint density at radius 1 is 1.28 bits per heavy atom. The van der Waals surface area contributed by atoms with Gasteiger partial charge in [-0.1, -0.05) is 0 Å². The molecular formula is C14H22N2O7S2. The minimum Gasteiger partial charge on any atom is -0.497 e. The summed E-state index contributed by atoms with van der Waals surface area (Å²) in [5.41, 5.74) is 5.52. The Morgan fingerprint density at radius 3 is 2.44 bits per heavy atom. The first-order chi connectivity index (χ1) is 11.7. The van der Waals surface area contributed by atoms with E-state index in [1.54, 1.807) is 6.07 Å². The fraction of sp³-hybridized carbons (Fsp3) is 0.571. The molecule has 0 aliphatic carbocycles. The summed E-state index contributed by atoms with van der Waals surface area (Å²) < 4.78 is 61.0. The number of rotatable bonds is 7. The van der Waals surface area contributed by atoms with Gasteiger partial charge in [0.15, 0.2) is 9.84 Å². The second kappa shape index (κ2) is 7.46. The molecule has 0 amide bonds. The molecule has 3 N–H and O–H groups in total. The maximum atomic E-state index is 13.1. The van der Waals surface area contributed by atoms with E-state index in [-0.39, 0.29) is 23.7 Å². The summed E-state index contributed by atoms with van der Waals surface area (Å²) in [6, 6.07) is 3.16. The van der Waals surface area contributed by atoms with Crippen LogP contribution >= 0.6 is 0 Å². The molecule has 0 bridgehead atoms. The van der Waals surface area contributed by atoms with Crippen LogP contribution in [0.5, 0.6) is 11.5 Å². The Labute approximate surface area is 147 Å². The van der Waals surface area contributed by atoms with Crippen LogP contribution < -0.4 is 15.2 Å². The first kappa shape index (κ1) is 19.9. The van der Waals surface area contributed by atoms with Crippen LogP contribution in [-0.2, 0) is 19.9 Å². The van der Waals surface area contributed by atoms with Crippen LogP contribution in [0.15, 0.2) is 23.1 Å². The number of sulfonamides is 1. The lowest BCUT2D eigenvalue weighted by molar-refractivity contribution is 0.129. The van der Waals surface area contributed by atoms with E-state index in [2.05, 4.69) is 0 Å². The summed E-state index contributed by atoms with van der Waals surface area (Å²) in [6.07, 6.45) is -1.32. The van der Waals surface area contributed by atoms with Gasteiger partial charge in [0.2, 0.25) is 10.0 Å². The van der Waals surface area contributed by atoms with Crippen molar-refractivity contribution in [3.05, 3.63) is 18.2 Å². The molecule has 0 aromatic heterocycles. The fourth-order valence-electron chi connectivity index (χ4n) is 2.79. The van der Waals surface area contributed by atoms with Crippen molar-refractivity contribution in [1.29, 1.82) is 0 Å². The van der Waals surface area contributed by atoms with Crippen LogP contribution in [0.4, 0.5) is 0 Å². The van der Waals surface area contributed by atoms with Gasteiger partial charge >= 0.3 is 0 Å². The Morgan fingerprint density at radius 2 is 1.96 bits per heavy atom. The standard InChI is InChI=1S/C14H22N2O7S2/c1-22-10-3-4-13(23-2)14(7-10)25(20,21)16(6-5-15)11-8-24(18,19)9-12(11)17/h3-4,7,11-12,17H,5-6,8-9,15H2,1-2H3/t11-,12-/m1/s1. The van der Waals surface area contributed by atoms with Crippen LogP contribution in [0, 0.1) is 0 Å². The number of benzene rings is 1. The summed E-state index contributed by atoms with van der Waals surface area (Å²) in [5.74, 6) is -0.562. The summed E-state index contributed by atoms with van der Waals surface area (Å²) in [7, 11) is -5.00. The number of aliphatic hydroxyl groups is 1. The normalized spacial score (nSPS) is 22.9. The second-order valence-electron chi connectivity index (χ2n) is 5.63. The first-order valence-corrected chi connectivity index (χ1v) is 10.7. The van der Waals surface area contributed by atoms with Crippen molar-refractivity contribution in [2.75, 3.05) is 38.8 Å². The monoisotopic (exact) mass is 394 g/mol. The maximum Gasteiger partial charge on any atom is 0.247 e. The smallest absolute Gasteiger partial charge is 0.247 e. The number of ether oxygens (including phenoxy) is 2. The molecule has 1 fully saturated rings. The molecule has 1 heterocycles. The van der Waals surface area contributed by atoms with Gasteiger partial charge in [0.25, 0.3) is 0 Å². The third-order valence-electron chi connectivity index (χ3n) is 3.97. The zero-order valence-corrected chi connectivity index (χ0v) is 15.6. The molecule has 0 spiro atoms. The first-order valence-electron chi connectivity index (χ1n) is 7.48. The maximum absolute atomic E-state index is 13.1. The molecule has 2 rings (SSSR count). The minimum absolute atomic E-state index is 0.0330. The van der Waals surface area contributed by atoms with Gasteiger partial charge in [-0.25, -0.2) is 16.8 Å². The number of hydrogen-bond donors (Lipinski definition) is 2. The predicted molar refractivity (Wildman–Crippen MR) is 90.9 cm³/mol. The highest BCUT2D eigenvalue weighted by molar-refractivity contribution is 7.92. The average molecular weight is 394 g/mol. The van der Waals surface area contributed by atoms with Gasteiger partial charge in [0.1, 0.15) is 16.4 Å². The number of hydrogen-bond acceptors (Lipinski definition) is 8. The summed E-state index contributed by atoms with van der Waals surface area (Å²) in [4.78, 5) is -0.181. The number of aliphatic hydroxyl groups excluding tert-OH is 1. The van der Waals surface area contributed by atoms with Gasteiger partial charge < -0.3 is 20.3 Å². The number of methoxy groups -OCH3 is 2. The fourth-order valence-corrected chi connectivity index (χ4v) is 6.53. The van der Waals surface area contributed by atoms with Gasteiger partial charge in [-0.15, -0.1) is 0 Å². The Kier molecular flexibility index (Phi) is 5.94. The van der Waals surface area contributed by atoms with E-state index < -0.39 is 43.5 Å². The molecule has 1 aliphatic rings. The molecular weight excluding hydrogens is 372 g/mol. The van der Waals surface area contributed by atoms with E-state index in [4.69, 9.17) is 15.2 Å². The average Bonchev–Trinajstić information content (AvgIpc) is 2.84. The molecule has 142 valence electrons. The molecule has 0 radical (unpaired) electrons. The van der Waals surface area contributed by atoms with E-state index in [1.165, 1.54) is 26.4 Å². The van der Waals surface area contributed by atoms with Crippen LogP contribution in [0.1, 0.15) is 0 Å². The van der Waals surface area contributed by atoms with E-state index in [0.29, 0.717) is 5.75 Å². The topological polar surface area (TPSA) is 136 Å². The van der Waals surface area contributed by atoms with Crippen molar-refractivity contribution >= 4 is 19.9 Å². The zero-order chi connectivity index (χ0) is 18.8. The van der Waals surface area contributed by atoms with Crippen molar-refractivity contribution in [1.82, 2.24) is 4.31 Å². The Bertz CT molecular complexity index is 824. The Balaban J connectivity index is 2.54. The van der Waals surface area contributed by atoms with Crippen molar-refractivity contribution < 1.29 is 31.4 Å². The highest BCUT2D eigenvalue weighted by atomic mass is 32.2. The van der Waals surface area contributed by atoms with Crippen molar-refractivity contribution in [3.63, 3.8) is 0 Å². The summed E-state index contributed by atoms with van der Waals surface area (Å²) in [5, 5.41) is 10.1. The predicted octanol–water partition coefficient (Wildman–Crippen LogP) is -1.19. The molecule has 9 nitrogen and oxygen atoms in total. The lowest BCUT2D eigenvalue weighted by Crippen LogP contribution is -2.48. The molecule has 1 aliphatic heterocycles. The molecule has 0 unspecified atom stereocenters. The summed E-state index contributed by atoms with van der Waals surface area (Å²) >= 11 is 0. The third kappa shape index (κ3) is 4.06. The summed E-state index contributed by atoms with van der Waals surface area (Å²) in [6.45, 7) is -0.172. The minimum atomic E-state index is -4.18. The van der Waals surface area contributed by atoms with Crippen LogP contribution in [0.3, 0.4) is 0 Å². The molecule has 2 atom stereocenters. The highest BCUT2D eigenvalue weighted by Gasteiger charge is 2.45. The van der Waals surface area contributed by atoms with Gasteiger partial charge in [-0.2, -0.15) is 4.31 Å². The van der Waals surface area contributed by atoms with Gasteiger partial charge in [0.05, 0.1) is 37.9 Å². The molecule has 1 aromatic carbocycles. The Hall–Kier alpha value is -1.40. The van der Waals surface area contributed by atoms with Gasteiger partial charge in [-0.05, 0) is 12.1 Å². The van der Waals surface area contributed by atoms with E-state index in [9.17, 15) is 21.9 Å². The SMILES string of the molecule is COc1ccc(OC)c(S(=O)(=O)N(CCN)[C@@H]2CS(=O)(=O)C[C@H]2O)c1. The zero-order valence-electron chi connectivity index (χ0n) is 14.0. The molecule has 11 heteroatoms. The van der Waals surface area contributed by atoms with E-state index in [0.717, 1.165) is 4.31 Å². The largest absolute Gasteiger partial charge is 0.497 e. The van der Waals surface area contributed by atoms with Gasteiger partial charge in [-0.3, -0.25) is 0 Å². The number of nitrogens with zero attached hydrogens (tertiary/aromatic N) is 1. The molecule has 1 saturated heterocycles. The van der Waals surface area contributed by atoms with Crippen LogP contribution in [-0.4, -0.2) is 77.2 Å². The lowest BCUT2D eigenvalue weighted by Gasteiger charge is -2.29. The third-order valence-corrected chi connectivity index (χ3v) is 7.61. The van der Waals surface area contributed by atoms with Gasteiger partial charge in [0, 0.05) is 19.2 Å². The van der Waals surface area contributed by atoms with E-state index in [1.807, 2.05) is 0 Å².